The highest BCUT2D eigenvalue weighted by atomic mass is 127. The second-order valence-electron chi connectivity index (χ2n) is 6.43. The second kappa shape index (κ2) is 12.2. The molecule has 6 nitrogen and oxygen atoms in total. The van der Waals surface area contributed by atoms with Crippen molar-refractivity contribution in [3.05, 3.63) is 78.4 Å². The van der Waals surface area contributed by atoms with Crippen LogP contribution >= 0.6 is 24.0 Å². The van der Waals surface area contributed by atoms with Gasteiger partial charge in [-0.3, -0.25) is 4.99 Å². The number of imidazole rings is 1. The predicted octanol–water partition coefficient (Wildman–Crippen LogP) is 3.53. The van der Waals surface area contributed by atoms with Crippen molar-refractivity contribution in [2.75, 3.05) is 27.3 Å². The first-order chi connectivity index (χ1) is 13.8. The summed E-state index contributed by atoms with van der Waals surface area (Å²) in [5.74, 6) is 0.766. The lowest BCUT2D eigenvalue weighted by atomic mass is 9.98. The highest BCUT2D eigenvalue weighted by Gasteiger charge is 2.06. The van der Waals surface area contributed by atoms with Gasteiger partial charge in [-0.25, -0.2) is 4.98 Å². The van der Waals surface area contributed by atoms with E-state index in [1.165, 1.54) is 22.3 Å². The molecule has 0 amide bonds. The number of ether oxygens (including phenoxy) is 1. The van der Waals surface area contributed by atoms with E-state index in [4.69, 9.17) is 4.74 Å². The maximum Gasteiger partial charge on any atom is 0.191 e. The van der Waals surface area contributed by atoms with E-state index in [0.29, 0.717) is 13.2 Å². The van der Waals surface area contributed by atoms with Gasteiger partial charge in [0.15, 0.2) is 5.96 Å². The Morgan fingerprint density at radius 1 is 1.10 bits per heavy atom. The van der Waals surface area contributed by atoms with Gasteiger partial charge in [0.2, 0.25) is 0 Å². The molecule has 0 aliphatic carbocycles. The van der Waals surface area contributed by atoms with E-state index in [1.807, 2.05) is 12.5 Å². The first-order valence-corrected chi connectivity index (χ1v) is 9.36. The number of aromatic nitrogens is 2. The predicted molar refractivity (Wildman–Crippen MR) is 129 cm³/mol. The number of guanidine groups is 1. The van der Waals surface area contributed by atoms with Gasteiger partial charge < -0.3 is 19.9 Å². The lowest BCUT2D eigenvalue weighted by Crippen LogP contribution is -2.38. The van der Waals surface area contributed by atoms with Gasteiger partial charge in [0.05, 0.1) is 12.9 Å². The number of halogens is 1. The molecular formula is C22H28IN5O. The molecule has 7 heteroatoms. The normalized spacial score (nSPS) is 11.0. The fourth-order valence-corrected chi connectivity index (χ4v) is 3.01. The summed E-state index contributed by atoms with van der Waals surface area (Å²) >= 11 is 0. The molecule has 29 heavy (non-hydrogen) atoms. The van der Waals surface area contributed by atoms with Gasteiger partial charge in [-0.15, -0.1) is 24.0 Å². The van der Waals surface area contributed by atoms with Crippen molar-refractivity contribution in [1.82, 2.24) is 20.2 Å². The third-order valence-corrected chi connectivity index (χ3v) is 4.48. The van der Waals surface area contributed by atoms with Crippen LogP contribution in [0.2, 0.25) is 0 Å². The highest BCUT2D eigenvalue weighted by Crippen LogP contribution is 2.24. The Morgan fingerprint density at radius 2 is 1.90 bits per heavy atom. The van der Waals surface area contributed by atoms with Gasteiger partial charge in [0.25, 0.3) is 0 Å². The number of rotatable bonds is 8. The van der Waals surface area contributed by atoms with E-state index in [1.54, 1.807) is 20.4 Å². The molecular weight excluding hydrogens is 477 g/mol. The van der Waals surface area contributed by atoms with Crippen molar-refractivity contribution in [3.8, 4) is 11.1 Å². The SMILES string of the molecule is CN=C(NCCOC)NCc1ccccc1-c1ccc(Cn2ccnc2)cc1.I. The average molecular weight is 505 g/mol. The van der Waals surface area contributed by atoms with E-state index >= 15 is 0 Å². The van der Waals surface area contributed by atoms with E-state index in [0.717, 1.165) is 19.0 Å². The molecule has 1 aromatic heterocycles. The number of methoxy groups -OCH3 is 1. The number of aliphatic imine (C=N–C) groups is 1. The molecule has 0 aliphatic rings. The molecule has 2 aromatic carbocycles. The molecule has 1 heterocycles. The fraction of sp³-hybridized carbons (Fsp3) is 0.273. The summed E-state index contributed by atoms with van der Waals surface area (Å²) in [6.45, 7) is 2.88. The zero-order chi connectivity index (χ0) is 19.6. The van der Waals surface area contributed by atoms with Crippen LogP contribution in [-0.2, 0) is 17.8 Å². The standard InChI is InChI=1S/C22H27N5O.HI/c1-23-22(25-12-14-28-2)26-15-20-5-3-4-6-21(20)19-9-7-18(8-10-19)16-27-13-11-24-17-27;/h3-11,13,17H,12,14-16H2,1-2H3,(H2,23,25,26);1H. The monoisotopic (exact) mass is 505 g/mol. The lowest BCUT2D eigenvalue weighted by Gasteiger charge is -2.14. The van der Waals surface area contributed by atoms with Crippen LogP contribution < -0.4 is 10.6 Å². The summed E-state index contributed by atoms with van der Waals surface area (Å²) in [6.07, 6.45) is 5.61. The zero-order valence-electron chi connectivity index (χ0n) is 16.8. The Morgan fingerprint density at radius 3 is 2.59 bits per heavy atom. The maximum absolute atomic E-state index is 5.07. The lowest BCUT2D eigenvalue weighted by molar-refractivity contribution is 0.203. The number of hydrogen-bond donors (Lipinski definition) is 2. The molecule has 0 spiro atoms. The number of hydrogen-bond acceptors (Lipinski definition) is 3. The molecule has 0 radical (unpaired) electrons. The van der Waals surface area contributed by atoms with E-state index in [9.17, 15) is 0 Å². The average Bonchev–Trinajstić information content (AvgIpc) is 3.24. The molecule has 0 saturated carbocycles. The van der Waals surface area contributed by atoms with Crippen molar-refractivity contribution in [2.24, 2.45) is 4.99 Å². The van der Waals surface area contributed by atoms with E-state index in [2.05, 4.69) is 73.7 Å². The summed E-state index contributed by atoms with van der Waals surface area (Å²) in [7, 11) is 3.46. The Kier molecular flexibility index (Phi) is 9.66. The molecule has 0 fully saturated rings. The molecule has 2 N–H and O–H groups in total. The number of benzene rings is 2. The van der Waals surface area contributed by atoms with Gasteiger partial charge in [0.1, 0.15) is 0 Å². The summed E-state index contributed by atoms with van der Waals surface area (Å²) in [6, 6.07) is 17.1. The summed E-state index contributed by atoms with van der Waals surface area (Å²) in [4.78, 5) is 8.35. The van der Waals surface area contributed by atoms with E-state index in [-0.39, 0.29) is 24.0 Å². The van der Waals surface area contributed by atoms with Crippen LogP contribution in [0.1, 0.15) is 11.1 Å². The Bertz CT molecular complexity index is 878. The Balaban J connectivity index is 0.00000300. The minimum absolute atomic E-state index is 0. The minimum Gasteiger partial charge on any atom is -0.383 e. The third-order valence-electron chi connectivity index (χ3n) is 4.48. The number of nitrogens with zero attached hydrogens (tertiary/aromatic N) is 3. The summed E-state index contributed by atoms with van der Waals surface area (Å²) in [5.41, 5.74) is 4.89. The quantitative estimate of drug-likeness (QED) is 0.213. The molecule has 0 saturated heterocycles. The zero-order valence-corrected chi connectivity index (χ0v) is 19.2. The molecule has 154 valence electrons. The van der Waals surface area contributed by atoms with Gasteiger partial charge in [0, 0.05) is 46.2 Å². The van der Waals surface area contributed by atoms with Crippen LogP contribution in [0.4, 0.5) is 0 Å². The van der Waals surface area contributed by atoms with Gasteiger partial charge >= 0.3 is 0 Å². The molecule has 3 rings (SSSR count). The van der Waals surface area contributed by atoms with Crippen molar-refractivity contribution < 1.29 is 4.74 Å². The largest absolute Gasteiger partial charge is 0.383 e. The van der Waals surface area contributed by atoms with Crippen molar-refractivity contribution in [2.45, 2.75) is 13.1 Å². The van der Waals surface area contributed by atoms with Crippen LogP contribution in [0.5, 0.6) is 0 Å². The fourth-order valence-electron chi connectivity index (χ4n) is 3.01. The molecule has 0 bridgehead atoms. The van der Waals surface area contributed by atoms with E-state index < -0.39 is 0 Å². The maximum atomic E-state index is 5.07. The summed E-state index contributed by atoms with van der Waals surface area (Å²) in [5, 5.41) is 6.60. The van der Waals surface area contributed by atoms with Crippen LogP contribution in [-0.4, -0.2) is 42.8 Å². The number of nitrogens with one attached hydrogen (secondary N) is 2. The van der Waals surface area contributed by atoms with Gasteiger partial charge in [-0.2, -0.15) is 0 Å². The summed E-state index contributed by atoms with van der Waals surface area (Å²) < 4.78 is 7.13. The van der Waals surface area contributed by atoms with Crippen molar-refractivity contribution >= 4 is 29.9 Å². The van der Waals surface area contributed by atoms with Gasteiger partial charge in [-0.1, -0.05) is 48.5 Å². The first-order valence-electron chi connectivity index (χ1n) is 9.36. The van der Waals surface area contributed by atoms with Crippen LogP contribution in [0, 0.1) is 0 Å². The smallest absolute Gasteiger partial charge is 0.191 e. The first kappa shape index (κ1) is 22.9. The topological polar surface area (TPSA) is 63.5 Å². The van der Waals surface area contributed by atoms with Crippen LogP contribution in [0.3, 0.4) is 0 Å². The Hall–Kier alpha value is -2.39. The second-order valence-corrected chi connectivity index (χ2v) is 6.43. The van der Waals surface area contributed by atoms with Crippen molar-refractivity contribution in [1.29, 1.82) is 0 Å². The molecule has 3 aromatic rings. The molecule has 0 atom stereocenters. The molecule has 0 aliphatic heterocycles. The molecule has 0 unspecified atom stereocenters. The van der Waals surface area contributed by atoms with Crippen molar-refractivity contribution in [3.63, 3.8) is 0 Å². The Labute approximate surface area is 189 Å². The van der Waals surface area contributed by atoms with Gasteiger partial charge in [-0.05, 0) is 22.3 Å². The van der Waals surface area contributed by atoms with Crippen LogP contribution in [0.15, 0.2) is 72.2 Å². The minimum atomic E-state index is 0. The highest BCUT2D eigenvalue weighted by molar-refractivity contribution is 14.0. The van der Waals surface area contributed by atoms with Crippen LogP contribution in [0.25, 0.3) is 11.1 Å². The third kappa shape index (κ3) is 6.86.